The van der Waals surface area contributed by atoms with Gasteiger partial charge in [0.2, 0.25) is 6.41 Å². The third kappa shape index (κ3) is 25.0. The van der Waals surface area contributed by atoms with Crippen LogP contribution in [0.4, 0.5) is 0 Å². The number of nitrogens with two attached hydrogens (primary N) is 2. The van der Waals surface area contributed by atoms with Gasteiger partial charge < -0.3 is 57.1 Å². The first kappa shape index (κ1) is 55.3. The summed E-state index contributed by atoms with van der Waals surface area (Å²) in [5, 5.41) is 108. The topological polar surface area (TPSA) is 307 Å². The Morgan fingerprint density at radius 1 is 0.589 bits per heavy atom. The first-order valence-corrected chi connectivity index (χ1v) is 20.9. The molecule has 0 fully saturated rings. The van der Waals surface area contributed by atoms with E-state index >= 15 is 0 Å². The Morgan fingerprint density at radius 3 is 1.59 bits per heavy atom. The molecule has 0 spiro atoms. The van der Waals surface area contributed by atoms with E-state index in [1.165, 1.54) is 0 Å². The maximum Gasteiger partial charge on any atom is 0.214 e. The molecule has 0 saturated carbocycles. The van der Waals surface area contributed by atoms with Crippen molar-refractivity contribution in [3.05, 3.63) is 0 Å². The molecule has 56 heavy (non-hydrogen) atoms. The van der Waals surface area contributed by atoms with Crippen LogP contribution in [-0.4, -0.2) is 153 Å². The molecule has 0 radical (unpaired) electrons. The molecule has 0 aromatic carbocycles. The zero-order chi connectivity index (χ0) is 43.0. The summed E-state index contributed by atoms with van der Waals surface area (Å²) in [6, 6.07) is -2.82. The van der Waals surface area contributed by atoms with Gasteiger partial charge in [0, 0.05) is 31.2 Å². The van der Waals surface area contributed by atoms with Crippen LogP contribution >= 0.6 is 0 Å². The third-order valence-corrected chi connectivity index (χ3v) is 9.83. The molecule has 0 heterocycles. The van der Waals surface area contributed by atoms with E-state index in [0.29, 0.717) is 64.5 Å². The van der Waals surface area contributed by atoms with Gasteiger partial charge in [-0.15, -0.1) is 0 Å². The van der Waals surface area contributed by atoms with E-state index < -0.39 is 73.5 Å². The highest BCUT2D eigenvalue weighted by Gasteiger charge is 2.33. The molecule has 0 aliphatic rings. The number of ether oxygens (including phenoxy) is 1. The summed E-state index contributed by atoms with van der Waals surface area (Å²) in [6.07, 6.45) is -3.43. The second-order valence-electron chi connectivity index (χ2n) is 17.0. The van der Waals surface area contributed by atoms with E-state index in [-0.39, 0.29) is 43.5 Å². The fourth-order valence-electron chi connectivity index (χ4n) is 6.28. The van der Waals surface area contributed by atoms with Gasteiger partial charge in [-0.05, 0) is 83.7 Å². The van der Waals surface area contributed by atoms with Crippen LogP contribution in [0.3, 0.4) is 0 Å². The summed E-state index contributed by atoms with van der Waals surface area (Å²) in [5.41, 5.74) is 10.8. The summed E-state index contributed by atoms with van der Waals surface area (Å²) in [6.45, 7) is 17.8. The van der Waals surface area contributed by atoms with E-state index in [1.54, 1.807) is 0 Å². The van der Waals surface area contributed by atoms with E-state index in [0.717, 1.165) is 0 Å². The van der Waals surface area contributed by atoms with E-state index in [1.807, 2.05) is 62.3 Å². The number of hydrogen-bond donors (Lipinski definition) is 17. The van der Waals surface area contributed by atoms with Gasteiger partial charge in [0.25, 0.3) is 0 Å². The average Bonchev–Trinajstić information content (AvgIpc) is 3.11. The van der Waals surface area contributed by atoms with Gasteiger partial charge in [-0.3, -0.25) is 37.2 Å². The highest BCUT2D eigenvalue weighted by atomic mass is 16.6. The second-order valence-corrected chi connectivity index (χ2v) is 17.0. The van der Waals surface area contributed by atoms with Crippen LogP contribution in [0.1, 0.15) is 114 Å². The number of aliphatic hydroxyl groups is 8. The molecule has 0 aromatic rings. The Kier molecular flexibility index (Phi) is 29.9. The molecule has 10 unspecified atom stereocenters. The minimum absolute atomic E-state index is 0.0503. The lowest BCUT2D eigenvalue weighted by atomic mass is 9.95. The minimum Gasteiger partial charge on any atom is -0.395 e. The lowest BCUT2D eigenvalue weighted by molar-refractivity contribution is -0.191. The first-order chi connectivity index (χ1) is 26.2. The quantitative estimate of drug-likeness (QED) is 0.0242. The Bertz CT molecular complexity index is 944. The fraction of sp³-hybridized carbons (Fsp3) is 1.00. The Hall–Kier alpha value is -0.720. The molecule has 19 N–H and O–H groups in total. The van der Waals surface area contributed by atoms with Crippen LogP contribution in [0.5, 0.6) is 0 Å². The average molecular weight is 814 g/mol. The molecule has 0 rings (SSSR count). The predicted molar refractivity (Wildman–Crippen MR) is 220 cm³/mol. The van der Waals surface area contributed by atoms with Gasteiger partial charge in [-0.2, -0.15) is 0 Å². The van der Waals surface area contributed by atoms with Crippen LogP contribution in [-0.2, 0) is 4.74 Å². The molecule has 0 saturated heterocycles. The number of hydrogen-bond acceptors (Lipinski definition) is 18. The van der Waals surface area contributed by atoms with Crippen molar-refractivity contribution in [3.8, 4) is 0 Å². The molecule has 18 heteroatoms. The predicted octanol–water partition coefficient (Wildman–Crippen LogP) is -2.04. The SMILES string of the molecule is CCC(C)C(NC(O)[C@H](CCCCN)NC(O)CNC(O)CNC(O)[C@@H](CCCCN)NC(O)[C@H](CC(C)C)NC(O)OC(C)(C)C)C(O)NC(CO)C(C)C. The van der Waals surface area contributed by atoms with Crippen LogP contribution in [0.15, 0.2) is 0 Å². The van der Waals surface area contributed by atoms with Gasteiger partial charge in [-0.25, -0.2) is 0 Å². The maximum atomic E-state index is 11.3. The summed E-state index contributed by atoms with van der Waals surface area (Å²) in [5.74, 6) is 0.186. The molecule has 0 amide bonds. The van der Waals surface area contributed by atoms with Crippen molar-refractivity contribution in [2.45, 2.75) is 193 Å². The zero-order valence-corrected chi connectivity index (χ0v) is 36.0. The number of nitrogens with one attached hydrogen (secondary N) is 7. The number of aliphatic hydroxyl groups excluding tert-OH is 8. The van der Waals surface area contributed by atoms with Crippen molar-refractivity contribution in [3.63, 3.8) is 0 Å². The second kappa shape index (κ2) is 30.3. The van der Waals surface area contributed by atoms with Gasteiger partial charge in [0.15, 0.2) is 0 Å². The van der Waals surface area contributed by atoms with Crippen molar-refractivity contribution >= 4 is 0 Å². The van der Waals surface area contributed by atoms with E-state index in [4.69, 9.17) is 16.2 Å². The van der Waals surface area contributed by atoms with Crippen LogP contribution in [0, 0.1) is 17.8 Å². The standard InChI is InChI=1S/C38H87N9O9/c1-10-25(6)32(36(54)45-29(22-48)24(4)5)47-34(52)27(16-12-14-18-40)43-31(50)21-41-30(49)20-42-33(51)26(15-11-13-17-39)44-35(53)28(19-23(2)3)46-37(55)56-38(7,8)9/h23-37,41-55H,10-22,39-40H2,1-9H3/t25?,26-,27+,28+,29?,30?,31?,32?,33?,34?,35?,36?,37?/m1/s1. The molecule has 0 aromatic heterocycles. The number of rotatable bonds is 35. The molecule has 338 valence electrons. The summed E-state index contributed by atoms with van der Waals surface area (Å²) in [7, 11) is 0. The van der Waals surface area contributed by atoms with Crippen molar-refractivity contribution in [2.24, 2.45) is 29.2 Å². The Balaban J connectivity index is 5.51. The summed E-state index contributed by atoms with van der Waals surface area (Å²) >= 11 is 0. The molecule has 0 aliphatic heterocycles. The molecular formula is C38H87N9O9. The highest BCUT2D eigenvalue weighted by Crippen LogP contribution is 2.16. The van der Waals surface area contributed by atoms with Crippen molar-refractivity contribution < 1.29 is 45.6 Å². The largest absolute Gasteiger partial charge is 0.395 e. The van der Waals surface area contributed by atoms with Gasteiger partial charge in [0.1, 0.15) is 37.4 Å². The smallest absolute Gasteiger partial charge is 0.214 e. The van der Waals surface area contributed by atoms with E-state index in [9.17, 15) is 40.9 Å². The fourth-order valence-corrected chi connectivity index (χ4v) is 6.28. The lowest BCUT2D eigenvalue weighted by Gasteiger charge is -2.37. The van der Waals surface area contributed by atoms with Gasteiger partial charge >= 0.3 is 0 Å². The Morgan fingerprint density at radius 2 is 1.11 bits per heavy atom. The van der Waals surface area contributed by atoms with Crippen molar-refractivity contribution in [2.75, 3.05) is 32.8 Å². The summed E-state index contributed by atoms with van der Waals surface area (Å²) in [4.78, 5) is 0. The molecule has 0 aliphatic carbocycles. The first-order valence-electron chi connectivity index (χ1n) is 20.9. The molecule has 13 atom stereocenters. The van der Waals surface area contributed by atoms with Crippen LogP contribution in [0.25, 0.3) is 0 Å². The van der Waals surface area contributed by atoms with Crippen molar-refractivity contribution in [1.29, 1.82) is 0 Å². The summed E-state index contributed by atoms with van der Waals surface area (Å²) < 4.78 is 5.58. The molecule has 18 nitrogen and oxygen atoms in total. The minimum atomic E-state index is -1.33. The monoisotopic (exact) mass is 814 g/mol. The highest BCUT2D eigenvalue weighted by molar-refractivity contribution is 4.88. The third-order valence-electron chi connectivity index (χ3n) is 9.83. The lowest BCUT2D eigenvalue weighted by Crippen LogP contribution is -2.62. The van der Waals surface area contributed by atoms with Crippen LogP contribution < -0.4 is 48.7 Å². The van der Waals surface area contributed by atoms with Gasteiger partial charge in [0.05, 0.1) is 24.3 Å². The zero-order valence-electron chi connectivity index (χ0n) is 36.0. The molecule has 0 bridgehead atoms. The normalized spacial score (nSPS) is 19.9. The van der Waals surface area contributed by atoms with Crippen molar-refractivity contribution in [1.82, 2.24) is 37.2 Å². The Labute approximate surface area is 337 Å². The maximum absolute atomic E-state index is 11.3. The molecular weight excluding hydrogens is 726 g/mol. The number of unbranched alkanes of at least 4 members (excludes halogenated alkanes) is 2. The van der Waals surface area contributed by atoms with Crippen LogP contribution in [0.2, 0.25) is 0 Å². The van der Waals surface area contributed by atoms with Gasteiger partial charge in [-0.1, -0.05) is 60.8 Å². The van der Waals surface area contributed by atoms with E-state index in [2.05, 4.69) is 37.2 Å².